The van der Waals surface area contributed by atoms with Crippen molar-refractivity contribution in [3.8, 4) is 5.75 Å². The van der Waals surface area contributed by atoms with Crippen LogP contribution >= 0.6 is 15.9 Å². The molecule has 1 N–H and O–H groups in total. The molecule has 8 heteroatoms. The zero-order valence-electron chi connectivity index (χ0n) is 12.4. The number of hydrogen-bond acceptors (Lipinski definition) is 3. The van der Waals surface area contributed by atoms with Crippen LogP contribution in [0.3, 0.4) is 0 Å². The van der Waals surface area contributed by atoms with Crippen molar-refractivity contribution in [3.05, 3.63) is 28.2 Å². The van der Waals surface area contributed by atoms with Gasteiger partial charge in [0.2, 0.25) is 0 Å². The second kappa shape index (κ2) is 7.21. The SMILES string of the molecule is CC(C)(C)OC(=O)NCCOc1ccc(Br)cc1C(F)(F)F. The molecular formula is C14H17BrF3NO3. The minimum Gasteiger partial charge on any atom is -0.491 e. The van der Waals surface area contributed by atoms with Crippen LogP contribution in [0.1, 0.15) is 26.3 Å². The summed E-state index contributed by atoms with van der Waals surface area (Å²) in [4.78, 5) is 11.4. The molecule has 0 radical (unpaired) electrons. The van der Waals surface area contributed by atoms with Crippen molar-refractivity contribution in [1.29, 1.82) is 0 Å². The number of benzene rings is 1. The Morgan fingerprint density at radius 3 is 2.45 bits per heavy atom. The monoisotopic (exact) mass is 383 g/mol. The van der Waals surface area contributed by atoms with E-state index in [2.05, 4.69) is 21.2 Å². The third kappa shape index (κ3) is 6.55. The molecule has 0 atom stereocenters. The van der Waals surface area contributed by atoms with Crippen LogP contribution < -0.4 is 10.1 Å². The number of hydrogen-bond donors (Lipinski definition) is 1. The molecular weight excluding hydrogens is 367 g/mol. The Morgan fingerprint density at radius 1 is 1.27 bits per heavy atom. The summed E-state index contributed by atoms with van der Waals surface area (Å²) in [5.41, 5.74) is -1.51. The molecule has 124 valence electrons. The molecule has 0 aromatic heterocycles. The average molecular weight is 384 g/mol. The average Bonchev–Trinajstić information content (AvgIpc) is 2.32. The molecule has 0 aliphatic carbocycles. The van der Waals surface area contributed by atoms with Crippen LogP contribution in [0, 0.1) is 0 Å². The molecule has 22 heavy (non-hydrogen) atoms. The van der Waals surface area contributed by atoms with Crippen LogP contribution in [0.4, 0.5) is 18.0 Å². The van der Waals surface area contributed by atoms with Crippen molar-refractivity contribution in [2.45, 2.75) is 32.5 Å². The summed E-state index contributed by atoms with van der Waals surface area (Å²) >= 11 is 2.99. The lowest BCUT2D eigenvalue weighted by Gasteiger charge is -2.20. The first-order valence-corrected chi connectivity index (χ1v) is 7.25. The van der Waals surface area contributed by atoms with Crippen molar-refractivity contribution in [2.75, 3.05) is 13.2 Å². The fourth-order valence-corrected chi connectivity index (χ4v) is 1.84. The third-order valence-electron chi connectivity index (χ3n) is 2.27. The lowest BCUT2D eigenvalue weighted by atomic mass is 10.2. The highest BCUT2D eigenvalue weighted by molar-refractivity contribution is 9.10. The first-order chi connectivity index (χ1) is 9.99. The fraction of sp³-hybridized carbons (Fsp3) is 0.500. The zero-order chi connectivity index (χ0) is 17.0. The van der Waals surface area contributed by atoms with Crippen molar-refractivity contribution >= 4 is 22.0 Å². The predicted octanol–water partition coefficient (Wildman–Crippen LogP) is 4.37. The van der Waals surface area contributed by atoms with E-state index in [0.717, 1.165) is 6.07 Å². The number of carbonyl (C=O) groups excluding carboxylic acids is 1. The molecule has 0 fully saturated rings. The van der Waals surface area contributed by atoms with Gasteiger partial charge in [0.1, 0.15) is 18.0 Å². The van der Waals surface area contributed by atoms with Gasteiger partial charge in [-0.1, -0.05) is 15.9 Å². The second-order valence-corrected chi connectivity index (χ2v) is 6.33. The standard InChI is InChI=1S/C14H17BrF3NO3/c1-13(2,3)22-12(20)19-6-7-21-11-5-4-9(15)8-10(11)14(16,17)18/h4-5,8H,6-7H2,1-3H3,(H,19,20). The molecule has 4 nitrogen and oxygen atoms in total. The van der Waals surface area contributed by atoms with Crippen molar-refractivity contribution in [2.24, 2.45) is 0 Å². The highest BCUT2D eigenvalue weighted by Gasteiger charge is 2.34. The van der Waals surface area contributed by atoms with Crippen LogP contribution in [0.25, 0.3) is 0 Å². The van der Waals surface area contributed by atoms with Crippen LogP contribution in [0.5, 0.6) is 5.75 Å². The molecule has 1 rings (SSSR count). The van der Waals surface area contributed by atoms with Crippen LogP contribution in [-0.2, 0) is 10.9 Å². The number of alkyl carbamates (subject to hydrolysis) is 1. The van der Waals surface area contributed by atoms with Crippen molar-refractivity contribution in [3.63, 3.8) is 0 Å². The summed E-state index contributed by atoms with van der Waals surface area (Å²) in [6, 6.07) is 3.61. The summed E-state index contributed by atoms with van der Waals surface area (Å²) in [5.74, 6) is -0.290. The molecule has 0 saturated carbocycles. The largest absolute Gasteiger partial charge is 0.491 e. The van der Waals surface area contributed by atoms with Gasteiger partial charge in [-0.15, -0.1) is 0 Å². The lowest BCUT2D eigenvalue weighted by molar-refractivity contribution is -0.139. The number of carbonyl (C=O) groups is 1. The van der Waals surface area contributed by atoms with Gasteiger partial charge in [-0.05, 0) is 39.0 Å². The van der Waals surface area contributed by atoms with Crippen molar-refractivity contribution < 1.29 is 27.4 Å². The third-order valence-corrected chi connectivity index (χ3v) is 2.77. The predicted molar refractivity (Wildman–Crippen MR) is 78.9 cm³/mol. The quantitative estimate of drug-likeness (QED) is 0.785. The van der Waals surface area contributed by atoms with E-state index in [9.17, 15) is 18.0 Å². The molecule has 0 bridgehead atoms. The summed E-state index contributed by atoms with van der Waals surface area (Å²) in [6.45, 7) is 5.05. The minimum absolute atomic E-state index is 0.0300. The second-order valence-electron chi connectivity index (χ2n) is 5.42. The molecule has 1 aromatic rings. The van der Waals surface area contributed by atoms with Gasteiger partial charge in [-0.3, -0.25) is 0 Å². The maximum Gasteiger partial charge on any atom is 0.420 e. The van der Waals surface area contributed by atoms with Gasteiger partial charge in [-0.2, -0.15) is 13.2 Å². The molecule has 0 unspecified atom stereocenters. The number of halogens is 4. The van der Waals surface area contributed by atoms with Gasteiger partial charge in [0.25, 0.3) is 0 Å². The highest BCUT2D eigenvalue weighted by atomic mass is 79.9. The first-order valence-electron chi connectivity index (χ1n) is 6.45. The molecule has 0 spiro atoms. The highest BCUT2D eigenvalue weighted by Crippen LogP contribution is 2.37. The topological polar surface area (TPSA) is 47.6 Å². The number of ether oxygens (including phenoxy) is 2. The summed E-state index contributed by atoms with van der Waals surface area (Å²) in [7, 11) is 0. The Labute approximate surface area is 135 Å². The minimum atomic E-state index is -4.52. The van der Waals surface area contributed by atoms with E-state index < -0.39 is 23.4 Å². The van der Waals surface area contributed by atoms with E-state index in [4.69, 9.17) is 9.47 Å². The molecule has 0 saturated heterocycles. The normalized spacial score (nSPS) is 12.0. The van der Waals surface area contributed by atoms with Crippen molar-refractivity contribution in [1.82, 2.24) is 5.32 Å². The molecule has 1 aromatic carbocycles. The van der Waals surface area contributed by atoms with Gasteiger partial charge in [0.15, 0.2) is 0 Å². The molecule has 1 amide bonds. The van der Waals surface area contributed by atoms with Crippen LogP contribution in [-0.4, -0.2) is 24.8 Å². The Hall–Kier alpha value is -1.44. The van der Waals surface area contributed by atoms with E-state index in [1.807, 2.05) is 0 Å². The van der Waals surface area contributed by atoms with Crippen LogP contribution in [0.15, 0.2) is 22.7 Å². The van der Waals surface area contributed by atoms with Gasteiger partial charge in [0.05, 0.1) is 12.1 Å². The Bertz CT molecular complexity index is 527. The Balaban J connectivity index is 2.54. The van der Waals surface area contributed by atoms with E-state index >= 15 is 0 Å². The molecule has 0 heterocycles. The van der Waals surface area contributed by atoms with E-state index in [0.29, 0.717) is 4.47 Å². The Kier molecular flexibility index (Phi) is 6.10. The first kappa shape index (κ1) is 18.6. The summed E-state index contributed by atoms with van der Waals surface area (Å²) < 4.78 is 49.0. The number of rotatable bonds is 4. The molecule has 0 aliphatic heterocycles. The number of alkyl halides is 3. The Morgan fingerprint density at radius 2 is 1.91 bits per heavy atom. The van der Waals surface area contributed by atoms with E-state index in [-0.39, 0.29) is 18.9 Å². The zero-order valence-corrected chi connectivity index (χ0v) is 14.0. The fourth-order valence-electron chi connectivity index (χ4n) is 1.48. The molecule has 0 aliphatic rings. The summed E-state index contributed by atoms with van der Waals surface area (Å²) in [5, 5.41) is 2.40. The summed E-state index contributed by atoms with van der Waals surface area (Å²) in [6.07, 6.45) is -5.17. The van der Waals surface area contributed by atoms with E-state index in [1.54, 1.807) is 20.8 Å². The van der Waals surface area contributed by atoms with Gasteiger partial charge >= 0.3 is 12.3 Å². The van der Waals surface area contributed by atoms with Gasteiger partial charge in [-0.25, -0.2) is 4.79 Å². The van der Waals surface area contributed by atoms with E-state index in [1.165, 1.54) is 12.1 Å². The maximum absolute atomic E-state index is 12.9. The number of amides is 1. The maximum atomic E-state index is 12.9. The van der Waals surface area contributed by atoms with Gasteiger partial charge < -0.3 is 14.8 Å². The smallest absolute Gasteiger partial charge is 0.420 e. The number of nitrogens with one attached hydrogen (secondary N) is 1. The van der Waals surface area contributed by atoms with Gasteiger partial charge in [0, 0.05) is 4.47 Å². The van der Waals surface area contributed by atoms with Crippen LogP contribution in [0.2, 0.25) is 0 Å². The lowest BCUT2D eigenvalue weighted by Crippen LogP contribution is -2.34.